The van der Waals surface area contributed by atoms with Gasteiger partial charge < -0.3 is 4.90 Å². The van der Waals surface area contributed by atoms with Gasteiger partial charge in [0.05, 0.1) is 6.04 Å². The van der Waals surface area contributed by atoms with Crippen LogP contribution < -0.4 is 0 Å². The molecule has 0 saturated carbocycles. The highest BCUT2D eigenvalue weighted by Gasteiger charge is 2.33. The van der Waals surface area contributed by atoms with Crippen molar-refractivity contribution in [1.29, 1.82) is 0 Å². The summed E-state index contributed by atoms with van der Waals surface area (Å²) in [5.74, 6) is 0.245. The van der Waals surface area contributed by atoms with E-state index in [2.05, 4.69) is 0 Å². The van der Waals surface area contributed by atoms with E-state index < -0.39 is 0 Å². The molecule has 0 aromatic rings. The van der Waals surface area contributed by atoms with E-state index >= 15 is 0 Å². The fourth-order valence-corrected chi connectivity index (χ4v) is 2.04. The Hall–Kier alpha value is -0.860. The number of rotatable bonds is 2. The third-order valence-electron chi connectivity index (χ3n) is 2.72. The van der Waals surface area contributed by atoms with E-state index in [0.717, 1.165) is 19.4 Å². The van der Waals surface area contributed by atoms with Crippen LogP contribution in [-0.2, 0) is 9.59 Å². The summed E-state index contributed by atoms with van der Waals surface area (Å²) in [7, 11) is 0. The van der Waals surface area contributed by atoms with Gasteiger partial charge in [0.25, 0.3) is 0 Å². The monoisotopic (exact) mass is 211 g/mol. The fraction of sp³-hybridized carbons (Fsp3) is 0.833. The van der Waals surface area contributed by atoms with Gasteiger partial charge in [0.1, 0.15) is 0 Å². The van der Waals surface area contributed by atoms with Gasteiger partial charge in [0.2, 0.25) is 5.91 Å². The molecular weight excluding hydrogens is 190 g/mol. The minimum absolute atomic E-state index is 0.00100. The summed E-state index contributed by atoms with van der Waals surface area (Å²) in [4.78, 5) is 25.0. The summed E-state index contributed by atoms with van der Waals surface area (Å²) in [6.07, 6.45) is 2.32. The van der Waals surface area contributed by atoms with Crippen LogP contribution in [0, 0.1) is 5.41 Å². The van der Waals surface area contributed by atoms with Crippen molar-refractivity contribution in [2.75, 3.05) is 6.54 Å². The van der Waals surface area contributed by atoms with E-state index in [1.165, 1.54) is 0 Å². The molecule has 1 aliphatic heterocycles. The maximum atomic E-state index is 11.9. The van der Waals surface area contributed by atoms with E-state index in [9.17, 15) is 9.59 Å². The second-order valence-corrected chi connectivity index (χ2v) is 5.59. The molecule has 0 aromatic carbocycles. The van der Waals surface area contributed by atoms with Gasteiger partial charge in [-0.1, -0.05) is 20.8 Å². The highest BCUT2D eigenvalue weighted by atomic mass is 16.2. The lowest BCUT2D eigenvalue weighted by Gasteiger charge is -2.26. The summed E-state index contributed by atoms with van der Waals surface area (Å²) in [5.41, 5.74) is 0.00100. The Morgan fingerprint density at radius 2 is 1.93 bits per heavy atom. The second-order valence-electron chi connectivity index (χ2n) is 5.59. The number of likely N-dealkylation sites (tertiary alicyclic amines) is 1. The van der Waals surface area contributed by atoms with Crippen LogP contribution in [0.25, 0.3) is 0 Å². The Balaban J connectivity index is 2.63. The molecule has 1 unspecified atom stereocenters. The van der Waals surface area contributed by atoms with Gasteiger partial charge in [-0.3, -0.25) is 9.59 Å². The van der Waals surface area contributed by atoms with E-state index in [1.54, 1.807) is 11.8 Å². The molecule has 1 aliphatic rings. The third-order valence-corrected chi connectivity index (χ3v) is 2.72. The predicted molar refractivity (Wildman–Crippen MR) is 59.5 cm³/mol. The van der Waals surface area contributed by atoms with Crippen molar-refractivity contribution >= 4 is 11.7 Å². The summed E-state index contributed by atoms with van der Waals surface area (Å²) in [5, 5.41) is 0. The van der Waals surface area contributed by atoms with Crippen molar-refractivity contribution in [3.05, 3.63) is 0 Å². The number of ketones is 1. The number of hydrogen-bond acceptors (Lipinski definition) is 2. The number of carbonyl (C=O) groups is 2. The molecule has 0 radical (unpaired) electrons. The van der Waals surface area contributed by atoms with Gasteiger partial charge in [0.15, 0.2) is 5.78 Å². The highest BCUT2D eigenvalue weighted by Crippen LogP contribution is 2.24. The van der Waals surface area contributed by atoms with E-state index in [1.807, 2.05) is 20.8 Å². The maximum absolute atomic E-state index is 11.9. The minimum atomic E-state index is -0.153. The van der Waals surface area contributed by atoms with Gasteiger partial charge >= 0.3 is 0 Å². The molecule has 1 saturated heterocycles. The molecule has 3 heteroatoms. The largest absolute Gasteiger partial charge is 0.333 e. The van der Waals surface area contributed by atoms with E-state index in [-0.39, 0.29) is 23.1 Å². The SMILES string of the molecule is CC(=O)C1CCCN1C(=O)CC(C)(C)C. The molecule has 0 N–H and O–H groups in total. The average molecular weight is 211 g/mol. The van der Waals surface area contributed by atoms with E-state index in [0.29, 0.717) is 6.42 Å². The van der Waals surface area contributed by atoms with Gasteiger partial charge in [-0.05, 0) is 25.2 Å². The zero-order chi connectivity index (χ0) is 11.6. The average Bonchev–Trinajstić information content (AvgIpc) is 2.47. The summed E-state index contributed by atoms with van der Waals surface area (Å²) in [6, 6.07) is -0.153. The molecule has 3 nitrogen and oxygen atoms in total. The van der Waals surface area contributed by atoms with Crippen LogP contribution in [0.5, 0.6) is 0 Å². The molecule has 0 aliphatic carbocycles. The quantitative estimate of drug-likeness (QED) is 0.700. The standard InChI is InChI=1S/C12H21NO2/c1-9(14)10-6-5-7-13(10)11(15)8-12(2,3)4/h10H,5-8H2,1-4H3. The Morgan fingerprint density at radius 1 is 1.33 bits per heavy atom. The molecule has 86 valence electrons. The van der Waals surface area contributed by atoms with Crippen molar-refractivity contribution in [2.24, 2.45) is 5.41 Å². The van der Waals surface area contributed by atoms with Crippen LogP contribution in [0.3, 0.4) is 0 Å². The topological polar surface area (TPSA) is 37.4 Å². The van der Waals surface area contributed by atoms with Crippen LogP contribution in [0.2, 0.25) is 0 Å². The first kappa shape index (κ1) is 12.2. The molecule has 1 atom stereocenters. The maximum Gasteiger partial charge on any atom is 0.223 e. The van der Waals surface area contributed by atoms with Gasteiger partial charge in [-0.2, -0.15) is 0 Å². The summed E-state index contributed by atoms with van der Waals surface area (Å²) >= 11 is 0. The Morgan fingerprint density at radius 3 is 2.40 bits per heavy atom. The number of carbonyl (C=O) groups excluding carboxylic acids is 2. The van der Waals surface area contributed by atoms with Gasteiger partial charge in [0, 0.05) is 13.0 Å². The molecule has 1 rings (SSSR count). The molecule has 1 fully saturated rings. The van der Waals surface area contributed by atoms with Crippen molar-refractivity contribution in [1.82, 2.24) is 4.90 Å². The normalized spacial score (nSPS) is 21.9. The lowest BCUT2D eigenvalue weighted by atomic mass is 9.91. The Labute approximate surface area is 91.8 Å². The highest BCUT2D eigenvalue weighted by molar-refractivity contribution is 5.88. The number of hydrogen-bond donors (Lipinski definition) is 0. The first-order valence-corrected chi connectivity index (χ1v) is 5.61. The predicted octanol–water partition coefficient (Wildman–Crippen LogP) is 2.00. The zero-order valence-corrected chi connectivity index (χ0v) is 10.2. The van der Waals surface area contributed by atoms with Crippen molar-refractivity contribution in [2.45, 2.75) is 53.0 Å². The fourth-order valence-electron chi connectivity index (χ4n) is 2.04. The zero-order valence-electron chi connectivity index (χ0n) is 10.2. The molecule has 1 amide bonds. The lowest BCUT2D eigenvalue weighted by molar-refractivity contribution is -0.138. The van der Waals surface area contributed by atoms with Crippen LogP contribution in [0.15, 0.2) is 0 Å². The van der Waals surface area contributed by atoms with E-state index in [4.69, 9.17) is 0 Å². The van der Waals surface area contributed by atoms with Crippen LogP contribution >= 0.6 is 0 Å². The first-order chi connectivity index (χ1) is 6.81. The minimum Gasteiger partial charge on any atom is -0.333 e. The van der Waals surface area contributed by atoms with Gasteiger partial charge in [-0.15, -0.1) is 0 Å². The Kier molecular flexibility index (Phi) is 3.53. The summed E-state index contributed by atoms with van der Waals surface area (Å²) < 4.78 is 0. The molecule has 0 bridgehead atoms. The van der Waals surface area contributed by atoms with Crippen LogP contribution in [-0.4, -0.2) is 29.2 Å². The van der Waals surface area contributed by atoms with Crippen LogP contribution in [0.1, 0.15) is 47.0 Å². The molecular formula is C12H21NO2. The smallest absolute Gasteiger partial charge is 0.223 e. The molecule has 0 aromatic heterocycles. The second kappa shape index (κ2) is 4.33. The van der Waals surface area contributed by atoms with Gasteiger partial charge in [-0.25, -0.2) is 0 Å². The van der Waals surface area contributed by atoms with Crippen LogP contribution in [0.4, 0.5) is 0 Å². The molecule has 0 spiro atoms. The number of amides is 1. The third kappa shape index (κ3) is 3.33. The number of Topliss-reactive ketones (excluding diaryl/α,β-unsaturated/α-hetero) is 1. The summed E-state index contributed by atoms with van der Waals surface area (Å²) in [6.45, 7) is 8.46. The Bertz CT molecular complexity index is 265. The van der Waals surface area contributed by atoms with Crippen molar-refractivity contribution < 1.29 is 9.59 Å². The molecule has 1 heterocycles. The van der Waals surface area contributed by atoms with Crippen molar-refractivity contribution in [3.63, 3.8) is 0 Å². The van der Waals surface area contributed by atoms with Crippen molar-refractivity contribution in [3.8, 4) is 0 Å². The molecule has 15 heavy (non-hydrogen) atoms. The number of nitrogens with zero attached hydrogens (tertiary/aromatic N) is 1. The lowest BCUT2D eigenvalue weighted by Crippen LogP contribution is -2.40. The first-order valence-electron chi connectivity index (χ1n) is 5.61.